The van der Waals surface area contributed by atoms with Crippen LogP contribution in [0.15, 0.2) is 0 Å². The molecular formula is C9H12Cl3GaO6. The minimum absolute atomic E-state index is 0.0546. The Kier molecular flexibility index (Phi) is 11.7. The molecule has 10 heteroatoms. The van der Waals surface area contributed by atoms with Gasteiger partial charge >= 0.3 is 132 Å². The molecule has 108 valence electrons. The van der Waals surface area contributed by atoms with E-state index >= 15 is 0 Å². The number of carbonyl (C=O) groups is 3. The Balaban J connectivity index is 4.40. The molecule has 0 fully saturated rings. The fourth-order valence-electron chi connectivity index (χ4n) is 0.802. The van der Waals surface area contributed by atoms with E-state index < -0.39 is 35.2 Å². The SMILES string of the molecule is O=C(CCCl)[O][Ga]([O]C(=O)CCCl)[O]C(=O)CCCl. The Hall–Kier alpha value is -0.0836. The summed E-state index contributed by atoms with van der Waals surface area (Å²) < 4.78 is 14.5. The predicted molar refractivity (Wildman–Crippen MR) is 70.0 cm³/mol. The van der Waals surface area contributed by atoms with E-state index in [1.165, 1.54) is 0 Å². The van der Waals surface area contributed by atoms with Crippen LogP contribution < -0.4 is 0 Å². The molecule has 0 aromatic rings. The molecule has 0 aliphatic heterocycles. The first-order valence-corrected chi connectivity index (χ1v) is 9.86. The van der Waals surface area contributed by atoms with Gasteiger partial charge in [-0.2, -0.15) is 0 Å². The molecule has 0 amide bonds. The molecule has 0 unspecified atom stereocenters. The van der Waals surface area contributed by atoms with Crippen molar-refractivity contribution in [2.75, 3.05) is 17.6 Å². The second-order valence-electron chi connectivity index (χ2n) is 3.08. The molecule has 0 heterocycles. The third-order valence-corrected chi connectivity index (χ3v) is 5.01. The summed E-state index contributed by atoms with van der Waals surface area (Å²) in [5.41, 5.74) is 0. The van der Waals surface area contributed by atoms with Gasteiger partial charge in [0.15, 0.2) is 0 Å². The summed E-state index contributed by atoms with van der Waals surface area (Å²) in [5.74, 6) is -1.89. The summed E-state index contributed by atoms with van der Waals surface area (Å²) in [6.45, 7) is 0. The van der Waals surface area contributed by atoms with Gasteiger partial charge in [0.25, 0.3) is 0 Å². The number of halogens is 3. The summed E-state index contributed by atoms with van der Waals surface area (Å²) >= 11 is 12.3. The van der Waals surface area contributed by atoms with E-state index in [0.717, 1.165) is 0 Å². The van der Waals surface area contributed by atoms with Crippen LogP contribution in [-0.2, 0) is 25.0 Å². The number of hydrogen-bond acceptors (Lipinski definition) is 6. The molecule has 0 saturated heterocycles. The van der Waals surface area contributed by atoms with Crippen LogP contribution in [0.4, 0.5) is 0 Å². The summed E-state index contributed by atoms with van der Waals surface area (Å²) in [6.07, 6.45) is -0.198. The Bertz CT molecular complexity index is 267. The molecule has 0 bridgehead atoms. The Morgan fingerprint density at radius 3 is 1.16 bits per heavy atom. The molecule has 0 spiro atoms. The molecule has 0 aromatic heterocycles. The average Bonchev–Trinajstić information content (AvgIpc) is 2.29. The minimum atomic E-state index is -3.74. The zero-order chi connectivity index (χ0) is 14.7. The van der Waals surface area contributed by atoms with E-state index in [1.807, 2.05) is 0 Å². The molecular weight excluding hydrogens is 380 g/mol. The van der Waals surface area contributed by atoms with Gasteiger partial charge in [0.2, 0.25) is 0 Å². The number of alkyl halides is 3. The topological polar surface area (TPSA) is 78.9 Å². The van der Waals surface area contributed by atoms with Crippen LogP contribution in [0, 0.1) is 0 Å². The molecule has 0 aliphatic rings. The first-order chi connectivity index (χ1) is 9.03. The summed E-state index contributed by atoms with van der Waals surface area (Å²) in [6, 6.07) is 0. The second-order valence-corrected chi connectivity index (χ2v) is 6.90. The predicted octanol–water partition coefficient (Wildman–Crippen LogP) is 1.49. The van der Waals surface area contributed by atoms with Gasteiger partial charge in [0.05, 0.1) is 0 Å². The van der Waals surface area contributed by atoms with Crippen LogP contribution in [0.5, 0.6) is 0 Å². The van der Waals surface area contributed by atoms with Gasteiger partial charge in [0.1, 0.15) is 0 Å². The van der Waals surface area contributed by atoms with Crippen molar-refractivity contribution in [1.29, 1.82) is 0 Å². The molecule has 0 radical (unpaired) electrons. The first kappa shape index (κ1) is 18.9. The Morgan fingerprint density at radius 1 is 0.684 bits per heavy atom. The van der Waals surface area contributed by atoms with Crippen molar-refractivity contribution in [3.8, 4) is 0 Å². The van der Waals surface area contributed by atoms with Crippen LogP contribution in [0.1, 0.15) is 19.3 Å². The second kappa shape index (κ2) is 11.7. The molecule has 0 aromatic carbocycles. The maximum absolute atomic E-state index is 11.2. The van der Waals surface area contributed by atoms with Crippen molar-refractivity contribution in [1.82, 2.24) is 0 Å². The fraction of sp³-hybridized carbons (Fsp3) is 0.667. The van der Waals surface area contributed by atoms with Gasteiger partial charge in [-0.25, -0.2) is 0 Å². The first-order valence-electron chi connectivity index (χ1n) is 5.29. The van der Waals surface area contributed by atoms with Gasteiger partial charge in [-0.15, -0.1) is 0 Å². The van der Waals surface area contributed by atoms with Crippen LogP contribution in [-0.4, -0.2) is 52.9 Å². The Morgan fingerprint density at radius 2 is 0.947 bits per heavy atom. The van der Waals surface area contributed by atoms with Crippen molar-refractivity contribution in [3.63, 3.8) is 0 Å². The molecule has 6 nitrogen and oxygen atoms in total. The quantitative estimate of drug-likeness (QED) is 0.437. The van der Waals surface area contributed by atoms with E-state index in [9.17, 15) is 14.4 Å². The van der Waals surface area contributed by atoms with Gasteiger partial charge in [-0.05, 0) is 0 Å². The molecule has 0 N–H and O–H groups in total. The summed E-state index contributed by atoms with van der Waals surface area (Å²) in [5, 5.41) is 0. The average molecular weight is 392 g/mol. The molecule has 19 heavy (non-hydrogen) atoms. The van der Waals surface area contributed by atoms with Crippen LogP contribution >= 0.6 is 34.8 Å². The molecule has 0 saturated carbocycles. The van der Waals surface area contributed by atoms with Crippen LogP contribution in [0.25, 0.3) is 0 Å². The molecule has 0 rings (SSSR count). The Labute approximate surface area is 131 Å². The van der Waals surface area contributed by atoms with E-state index in [0.29, 0.717) is 0 Å². The molecule has 0 atom stereocenters. The fourth-order valence-corrected chi connectivity index (χ4v) is 3.66. The van der Waals surface area contributed by atoms with Gasteiger partial charge in [0, 0.05) is 0 Å². The summed E-state index contributed by atoms with van der Waals surface area (Å²) in [7, 11) is 0. The van der Waals surface area contributed by atoms with Crippen molar-refractivity contribution >= 4 is 70.0 Å². The van der Waals surface area contributed by atoms with E-state index in [-0.39, 0.29) is 36.9 Å². The zero-order valence-corrected chi connectivity index (χ0v) is 14.6. The third kappa shape index (κ3) is 10.4. The number of carbonyl (C=O) groups excluding carboxylic acids is 3. The maximum atomic E-state index is 11.2. The van der Waals surface area contributed by atoms with Crippen molar-refractivity contribution in [2.45, 2.75) is 19.3 Å². The van der Waals surface area contributed by atoms with Gasteiger partial charge in [-0.3, -0.25) is 0 Å². The number of rotatable bonds is 9. The van der Waals surface area contributed by atoms with E-state index in [2.05, 4.69) is 0 Å². The van der Waals surface area contributed by atoms with Crippen molar-refractivity contribution < 1.29 is 25.0 Å². The van der Waals surface area contributed by atoms with Crippen LogP contribution in [0.2, 0.25) is 0 Å². The van der Waals surface area contributed by atoms with E-state index in [1.54, 1.807) is 0 Å². The van der Waals surface area contributed by atoms with Crippen molar-refractivity contribution in [2.24, 2.45) is 0 Å². The van der Waals surface area contributed by atoms with Gasteiger partial charge in [-0.1, -0.05) is 0 Å². The van der Waals surface area contributed by atoms with Crippen molar-refractivity contribution in [3.05, 3.63) is 0 Å². The molecule has 0 aliphatic carbocycles. The van der Waals surface area contributed by atoms with Gasteiger partial charge < -0.3 is 0 Å². The van der Waals surface area contributed by atoms with E-state index in [4.69, 9.17) is 45.4 Å². The van der Waals surface area contributed by atoms with Crippen LogP contribution in [0.3, 0.4) is 0 Å². The summed E-state index contributed by atoms with van der Waals surface area (Å²) in [4.78, 5) is 33.7. The third-order valence-electron chi connectivity index (χ3n) is 1.58. The zero-order valence-electron chi connectivity index (χ0n) is 9.90. The normalized spacial score (nSPS) is 9.63. The number of hydrogen-bond donors (Lipinski definition) is 0. The standard InChI is InChI=1S/3C3H5ClO2.Ga/c3*4-2-1-3(5)6;/h3*1-2H2,(H,5,6);/q;;;+3/p-3. The monoisotopic (exact) mass is 390 g/mol.